The molecule has 4 nitrogen and oxygen atoms in total. The Balaban J connectivity index is 2.50. The van der Waals surface area contributed by atoms with Crippen LogP contribution in [0.4, 0.5) is 0 Å². The van der Waals surface area contributed by atoms with E-state index in [1.807, 2.05) is 19.1 Å². The van der Waals surface area contributed by atoms with Crippen LogP contribution in [0.25, 0.3) is 0 Å². The number of likely N-dealkylation sites (N-methyl/N-ethyl adjacent to an activating group) is 1. The number of thioether (sulfide) groups is 1. The number of carbonyl (C=O) groups excluding carboxylic acids is 2. The minimum Gasteiger partial charge on any atom is -0.452 e. The van der Waals surface area contributed by atoms with E-state index in [4.69, 9.17) is 16.3 Å². The van der Waals surface area contributed by atoms with E-state index in [1.165, 1.54) is 11.8 Å². The summed E-state index contributed by atoms with van der Waals surface area (Å²) in [5, 5.41) is 2.86. The molecule has 1 aromatic rings. The molecule has 0 spiro atoms. The molecule has 0 fully saturated rings. The van der Waals surface area contributed by atoms with Crippen LogP contribution in [0, 0.1) is 0 Å². The molecule has 1 rings (SSSR count). The van der Waals surface area contributed by atoms with Gasteiger partial charge < -0.3 is 10.1 Å². The average Bonchev–Trinajstić information content (AvgIpc) is 2.41. The summed E-state index contributed by atoms with van der Waals surface area (Å²) >= 11 is 7.16. The zero-order valence-corrected chi connectivity index (χ0v) is 13.3. The number of carbonyl (C=O) groups is 2. The zero-order chi connectivity index (χ0) is 15.1. The maximum Gasteiger partial charge on any atom is 0.319 e. The van der Waals surface area contributed by atoms with Crippen molar-refractivity contribution >= 4 is 35.2 Å². The monoisotopic (exact) mass is 315 g/mol. The molecule has 1 N–H and O–H groups in total. The van der Waals surface area contributed by atoms with Crippen molar-refractivity contribution in [2.75, 3.05) is 6.54 Å². The van der Waals surface area contributed by atoms with Crippen molar-refractivity contribution in [3.05, 3.63) is 29.3 Å². The first kappa shape index (κ1) is 16.9. The van der Waals surface area contributed by atoms with Crippen LogP contribution in [0.1, 0.15) is 20.8 Å². The molecule has 0 aliphatic heterocycles. The SMILES string of the molecule is CCNC(=O)[C@H](C)OC(=O)[C@H](C)Sc1ccc(Cl)cc1. The van der Waals surface area contributed by atoms with E-state index in [1.54, 1.807) is 26.0 Å². The Labute approximate surface area is 128 Å². The Hall–Kier alpha value is -1.20. The molecular weight excluding hydrogens is 298 g/mol. The first-order chi connectivity index (χ1) is 9.43. The number of hydrogen-bond donors (Lipinski definition) is 1. The van der Waals surface area contributed by atoms with E-state index in [-0.39, 0.29) is 5.91 Å². The van der Waals surface area contributed by atoms with Gasteiger partial charge in [-0.05, 0) is 45.0 Å². The fourth-order valence-electron chi connectivity index (χ4n) is 1.41. The van der Waals surface area contributed by atoms with Gasteiger partial charge in [0.15, 0.2) is 6.10 Å². The molecule has 0 saturated carbocycles. The summed E-state index contributed by atoms with van der Waals surface area (Å²) in [5.41, 5.74) is 0. The third-order valence-electron chi connectivity index (χ3n) is 2.47. The molecule has 0 aromatic heterocycles. The standard InChI is InChI=1S/C14H18ClNO3S/c1-4-16-13(17)9(2)19-14(18)10(3)20-12-7-5-11(15)6-8-12/h5-10H,4H2,1-3H3,(H,16,17)/t9-,10-/m0/s1. The van der Waals surface area contributed by atoms with Crippen LogP contribution in [0.2, 0.25) is 5.02 Å². The minimum atomic E-state index is -0.782. The van der Waals surface area contributed by atoms with Crippen LogP contribution in [-0.2, 0) is 14.3 Å². The molecule has 1 amide bonds. The quantitative estimate of drug-likeness (QED) is 0.648. The molecule has 110 valence electrons. The Kier molecular flexibility index (Phi) is 6.88. The van der Waals surface area contributed by atoms with E-state index in [0.29, 0.717) is 11.6 Å². The molecule has 2 atom stereocenters. The molecule has 0 saturated heterocycles. The lowest BCUT2D eigenvalue weighted by atomic mass is 10.3. The van der Waals surface area contributed by atoms with Gasteiger partial charge in [0.2, 0.25) is 0 Å². The summed E-state index contributed by atoms with van der Waals surface area (Å²) in [6.45, 7) is 5.62. The Morgan fingerprint density at radius 2 is 1.90 bits per heavy atom. The van der Waals surface area contributed by atoms with Gasteiger partial charge in [0.05, 0.1) is 0 Å². The Morgan fingerprint density at radius 1 is 1.30 bits per heavy atom. The van der Waals surface area contributed by atoms with E-state index in [9.17, 15) is 9.59 Å². The molecule has 0 bridgehead atoms. The highest BCUT2D eigenvalue weighted by Gasteiger charge is 2.22. The summed E-state index contributed by atoms with van der Waals surface area (Å²) < 4.78 is 5.12. The first-order valence-corrected chi connectivity index (χ1v) is 7.60. The molecule has 1 aromatic carbocycles. The lowest BCUT2D eigenvalue weighted by Crippen LogP contribution is -2.37. The third-order valence-corrected chi connectivity index (χ3v) is 3.81. The topological polar surface area (TPSA) is 55.4 Å². The number of nitrogens with one attached hydrogen (secondary N) is 1. The Bertz CT molecular complexity index is 464. The molecule has 0 heterocycles. The van der Waals surface area contributed by atoms with E-state index in [0.717, 1.165) is 4.90 Å². The highest BCUT2D eigenvalue weighted by Crippen LogP contribution is 2.25. The smallest absolute Gasteiger partial charge is 0.319 e. The third kappa shape index (κ3) is 5.43. The molecule has 0 radical (unpaired) electrons. The normalized spacial score (nSPS) is 13.4. The number of halogens is 1. The zero-order valence-electron chi connectivity index (χ0n) is 11.7. The summed E-state index contributed by atoms with van der Waals surface area (Å²) in [4.78, 5) is 24.3. The van der Waals surface area contributed by atoms with Gasteiger partial charge in [-0.3, -0.25) is 9.59 Å². The van der Waals surface area contributed by atoms with Gasteiger partial charge in [0.1, 0.15) is 5.25 Å². The van der Waals surface area contributed by atoms with Gasteiger partial charge in [0, 0.05) is 16.5 Å². The average molecular weight is 316 g/mol. The molecule has 6 heteroatoms. The number of rotatable bonds is 6. The first-order valence-electron chi connectivity index (χ1n) is 6.34. The number of ether oxygens (including phenoxy) is 1. The van der Waals surface area contributed by atoms with Crippen molar-refractivity contribution in [2.45, 2.75) is 37.0 Å². The van der Waals surface area contributed by atoms with Gasteiger partial charge in [-0.2, -0.15) is 0 Å². The maximum absolute atomic E-state index is 11.9. The molecule has 0 aliphatic rings. The molecule has 20 heavy (non-hydrogen) atoms. The second-order valence-corrected chi connectivity index (χ2v) is 6.04. The van der Waals surface area contributed by atoms with Crippen LogP contribution >= 0.6 is 23.4 Å². The summed E-state index contributed by atoms with van der Waals surface area (Å²) in [6, 6.07) is 7.20. The molecular formula is C14H18ClNO3S. The van der Waals surface area contributed by atoms with Crippen LogP contribution in [0.15, 0.2) is 29.2 Å². The van der Waals surface area contributed by atoms with Crippen molar-refractivity contribution in [3.8, 4) is 0 Å². The number of benzene rings is 1. The van der Waals surface area contributed by atoms with Crippen molar-refractivity contribution in [1.82, 2.24) is 5.32 Å². The van der Waals surface area contributed by atoms with Gasteiger partial charge in [-0.1, -0.05) is 11.6 Å². The second kappa shape index (κ2) is 8.17. The highest BCUT2D eigenvalue weighted by molar-refractivity contribution is 8.00. The fourth-order valence-corrected chi connectivity index (χ4v) is 2.39. The summed E-state index contributed by atoms with van der Waals surface area (Å²) in [5.74, 6) is -0.701. The van der Waals surface area contributed by atoms with E-state index in [2.05, 4.69) is 5.32 Å². The molecule has 0 unspecified atom stereocenters. The fraction of sp³-hybridized carbons (Fsp3) is 0.429. The predicted molar refractivity (Wildman–Crippen MR) is 81.0 cm³/mol. The number of hydrogen-bond acceptors (Lipinski definition) is 4. The van der Waals surface area contributed by atoms with Gasteiger partial charge >= 0.3 is 5.97 Å². The maximum atomic E-state index is 11.9. The largest absolute Gasteiger partial charge is 0.452 e. The van der Waals surface area contributed by atoms with Crippen molar-refractivity contribution < 1.29 is 14.3 Å². The number of amides is 1. The van der Waals surface area contributed by atoms with Crippen molar-refractivity contribution in [2.24, 2.45) is 0 Å². The van der Waals surface area contributed by atoms with Crippen LogP contribution in [0.3, 0.4) is 0 Å². The lowest BCUT2D eigenvalue weighted by molar-refractivity contribution is -0.153. The van der Waals surface area contributed by atoms with E-state index < -0.39 is 17.3 Å². The van der Waals surface area contributed by atoms with Crippen LogP contribution in [-0.4, -0.2) is 29.8 Å². The minimum absolute atomic E-state index is 0.287. The molecule has 0 aliphatic carbocycles. The van der Waals surface area contributed by atoms with Crippen LogP contribution < -0.4 is 5.32 Å². The Morgan fingerprint density at radius 3 is 2.45 bits per heavy atom. The van der Waals surface area contributed by atoms with Gasteiger partial charge in [-0.15, -0.1) is 11.8 Å². The summed E-state index contributed by atoms with van der Waals surface area (Å²) in [7, 11) is 0. The second-order valence-electron chi connectivity index (χ2n) is 4.19. The predicted octanol–water partition coefficient (Wildman–Crippen LogP) is 2.89. The van der Waals surface area contributed by atoms with Crippen LogP contribution in [0.5, 0.6) is 0 Å². The van der Waals surface area contributed by atoms with Crippen molar-refractivity contribution in [1.29, 1.82) is 0 Å². The van der Waals surface area contributed by atoms with Gasteiger partial charge in [-0.25, -0.2) is 0 Å². The highest BCUT2D eigenvalue weighted by atomic mass is 35.5. The van der Waals surface area contributed by atoms with Gasteiger partial charge in [0.25, 0.3) is 5.91 Å². The van der Waals surface area contributed by atoms with Crippen molar-refractivity contribution in [3.63, 3.8) is 0 Å². The summed E-state index contributed by atoms with van der Waals surface area (Å²) in [6.07, 6.45) is -0.782. The van der Waals surface area contributed by atoms with E-state index >= 15 is 0 Å². The number of esters is 1. The lowest BCUT2D eigenvalue weighted by Gasteiger charge is -2.16.